The van der Waals surface area contributed by atoms with E-state index in [0.29, 0.717) is 6.42 Å². The van der Waals surface area contributed by atoms with E-state index in [4.69, 9.17) is 10.5 Å². The molecule has 0 heterocycles. The van der Waals surface area contributed by atoms with Gasteiger partial charge in [0.05, 0.1) is 12.6 Å². The van der Waals surface area contributed by atoms with E-state index in [9.17, 15) is 14.4 Å². The highest BCUT2D eigenvalue weighted by Crippen LogP contribution is 2.05. The average molecular weight is 373 g/mol. The molecule has 0 spiro atoms. The van der Waals surface area contributed by atoms with Gasteiger partial charge in [0.1, 0.15) is 12.8 Å². The first-order valence-electron chi connectivity index (χ1n) is 8.93. The van der Waals surface area contributed by atoms with Crippen LogP contribution in [0.5, 0.6) is 0 Å². The van der Waals surface area contributed by atoms with Crippen molar-refractivity contribution in [3.05, 3.63) is 0 Å². The number of hydrogen-bond acceptors (Lipinski definition) is 6. The Labute approximate surface area is 156 Å². The van der Waals surface area contributed by atoms with Crippen molar-refractivity contribution in [2.45, 2.75) is 45.2 Å². The maximum atomic E-state index is 12.4. The molecule has 0 aliphatic carbocycles. The predicted molar refractivity (Wildman–Crippen MR) is 100 cm³/mol. The molecular formula is C17H35N5O4. The van der Waals surface area contributed by atoms with Crippen LogP contribution in [-0.4, -0.2) is 75.7 Å². The molecule has 2 atom stereocenters. The number of nitrogens with zero attached hydrogens (tertiary/aromatic N) is 1. The molecule has 0 rings (SSSR count). The lowest BCUT2D eigenvalue weighted by Gasteiger charge is -2.22. The Morgan fingerprint density at radius 2 is 1.73 bits per heavy atom. The van der Waals surface area contributed by atoms with E-state index in [-0.39, 0.29) is 31.0 Å². The maximum absolute atomic E-state index is 12.4. The summed E-state index contributed by atoms with van der Waals surface area (Å²) in [6, 6.07) is -1.40. The SMILES string of the molecule is COCNC(=O)CNC(=O)[C@H](CCCCN(C)C)NC(=O)[C@@H](N)C(C)C. The van der Waals surface area contributed by atoms with Crippen LogP contribution in [0.4, 0.5) is 0 Å². The van der Waals surface area contributed by atoms with Crippen molar-refractivity contribution >= 4 is 17.7 Å². The zero-order valence-corrected chi connectivity index (χ0v) is 16.6. The number of amides is 3. The molecular weight excluding hydrogens is 338 g/mol. The van der Waals surface area contributed by atoms with Gasteiger partial charge in [-0.3, -0.25) is 14.4 Å². The summed E-state index contributed by atoms with van der Waals surface area (Å²) in [5.41, 5.74) is 5.85. The number of carbonyl (C=O) groups excluding carboxylic acids is 3. The monoisotopic (exact) mass is 373 g/mol. The smallest absolute Gasteiger partial charge is 0.243 e. The molecule has 0 radical (unpaired) electrons. The highest BCUT2D eigenvalue weighted by molar-refractivity contribution is 5.91. The Balaban J connectivity index is 4.65. The number of nitrogens with two attached hydrogens (primary N) is 1. The molecule has 9 nitrogen and oxygen atoms in total. The van der Waals surface area contributed by atoms with Crippen LogP contribution in [0.1, 0.15) is 33.1 Å². The standard InChI is InChI=1S/C17H35N5O4/c1-12(2)15(18)17(25)21-13(8-6-7-9-22(3)4)16(24)19-10-14(23)20-11-26-5/h12-13,15H,6-11,18H2,1-5H3,(H,19,24)(H,20,23)(H,21,25)/t13-,15-/m0/s1. The summed E-state index contributed by atoms with van der Waals surface area (Å²) < 4.78 is 4.73. The number of methoxy groups -OCH3 is 1. The molecule has 26 heavy (non-hydrogen) atoms. The second kappa shape index (κ2) is 13.5. The Morgan fingerprint density at radius 3 is 2.27 bits per heavy atom. The molecule has 9 heteroatoms. The van der Waals surface area contributed by atoms with Gasteiger partial charge in [-0.1, -0.05) is 13.8 Å². The number of rotatable bonds is 13. The van der Waals surface area contributed by atoms with Crippen LogP contribution in [0, 0.1) is 5.92 Å². The first-order valence-corrected chi connectivity index (χ1v) is 8.93. The molecule has 0 unspecified atom stereocenters. The molecule has 5 N–H and O–H groups in total. The minimum absolute atomic E-state index is 0.0349. The fourth-order valence-electron chi connectivity index (χ4n) is 2.12. The normalized spacial score (nSPS) is 13.4. The molecule has 0 bridgehead atoms. The van der Waals surface area contributed by atoms with Crippen molar-refractivity contribution in [3.8, 4) is 0 Å². The molecule has 3 amide bonds. The van der Waals surface area contributed by atoms with Gasteiger partial charge < -0.3 is 31.3 Å². The van der Waals surface area contributed by atoms with Crippen LogP contribution in [0.2, 0.25) is 0 Å². The van der Waals surface area contributed by atoms with Gasteiger partial charge in [-0.2, -0.15) is 0 Å². The highest BCUT2D eigenvalue weighted by Gasteiger charge is 2.25. The van der Waals surface area contributed by atoms with Crippen molar-refractivity contribution < 1.29 is 19.1 Å². The Hall–Kier alpha value is -1.71. The van der Waals surface area contributed by atoms with E-state index >= 15 is 0 Å². The third-order valence-corrected chi connectivity index (χ3v) is 3.84. The maximum Gasteiger partial charge on any atom is 0.243 e. The predicted octanol–water partition coefficient (Wildman–Crippen LogP) is -0.977. The Kier molecular flexibility index (Phi) is 12.6. The van der Waals surface area contributed by atoms with E-state index in [1.807, 2.05) is 27.9 Å². The third-order valence-electron chi connectivity index (χ3n) is 3.84. The van der Waals surface area contributed by atoms with Crippen LogP contribution >= 0.6 is 0 Å². The summed E-state index contributed by atoms with van der Waals surface area (Å²) in [5.74, 6) is -1.16. The van der Waals surface area contributed by atoms with E-state index in [2.05, 4.69) is 20.9 Å². The third kappa shape index (κ3) is 11.0. The van der Waals surface area contributed by atoms with Crippen LogP contribution in [0.25, 0.3) is 0 Å². The molecule has 0 aromatic carbocycles. The summed E-state index contributed by atoms with van der Waals surface area (Å²) in [7, 11) is 5.41. The van der Waals surface area contributed by atoms with Gasteiger partial charge in [-0.15, -0.1) is 0 Å². The quantitative estimate of drug-likeness (QED) is 0.243. The van der Waals surface area contributed by atoms with Crippen LogP contribution in [-0.2, 0) is 19.1 Å². The van der Waals surface area contributed by atoms with Gasteiger partial charge in [0.25, 0.3) is 0 Å². The van der Waals surface area contributed by atoms with Gasteiger partial charge in [0.15, 0.2) is 0 Å². The highest BCUT2D eigenvalue weighted by atomic mass is 16.5. The summed E-state index contributed by atoms with van der Waals surface area (Å²) in [6.07, 6.45) is 2.15. The van der Waals surface area contributed by atoms with Gasteiger partial charge in [0.2, 0.25) is 17.7 Å². The second-order valence-electron chi connectivity index (χ2n) is 6.88. The van der Waals surface area contributed by atoms with E-state index in [0.717, 1.165) is 19.4 Å². The lowest BCUT2D eigenvalue weighted by atomic mass is 10.0. The molecule has 0 aromatic rings. The number of ether oxygens (including phenoxy) is 1. The van der Waals surface area contributed by atoms with Crippen molar-refractivity contribution in [1.29, 1.82) is 0 Å². The summed E-state index contributed by atoms with van der Waals surface area (Å²) >= 11 is 0. The van der Waals surface area contributed by atoms with Crippen molar-refractivity contribution in [2.75, 3.05) is 41.0 Å². The van der Waals surface area contributed by atoms with Crippen LogP contribution in [0.3, 0.4) is 0 Å². The Bertz CT molecular complexity index is 443. The minimum Gasteiger partial charge on any atom is -0.364 e. The van der Waals surface area contributed by atoms with E-state index in [1.165, 1.54) is 7.11 Å². The minimum atomic E-state index is -0.718. The fourth-order valence-corrected chi connectivity index (χ4v) is 2.12. The molecule has 0 aliphatic rings. The van der Waals surface area contributed by atoms with E-state index < -0.39 is 18.0 Å². The molecule has 0 aliphatic heterocycles. The summed E-state index contributed by atoms with van der Waals surface area (Å²) in [6.45, 7) is 4.48. The zero-order valence-electron chi connectivity index (χ0n) is 16.6. The van der Waals surface area contributed by atoms with Crippen molar-refractivity contribution in [3.63, 3.8) is 0 Å². The molecule has 0 fully saturated rings. The largest absolute Gasteiger partial charge is 0.364 e. The number of nitrogens with one attached hydrogen (secondary N) is 3. The van der Waals surface area contributed by atoms with Gasteiger partial charge in [-0.05, 0) is 45.8 Å². The van der Waals surface area contributed by atoms with Gasteiger partial charge in [0, 0.05) is 7.11 Å². The zero-order chi connectivity index (χ0) is 20.1. The van der Waals surface area contributed by atoms with Gasteiger partial charge in [-0.25, -0.2) is 0 Å². The number of unbranched alkanes of at least 4 members (excludes halogenated alkanes) is 1. The summed E-state index contributed by atoms with van der Waals surface area (Å²) in [5, 5.41) is 7.73. The topological polar surface area (TPSA) is 126 Å². The average Bonchev–Trinajstić information content (AvgIpc) is 2.58. The van der Waals surface area contributed by atoms with Crippen molar-refractivity contribution in [1.82, 2.24) is 20.9 Å². The van der Waals surface area contributed by atoms with Gasteiger partial charge >= 0.3 is 0 Å². The first-order chi connectivity index (χ1) is 12.2. The molecule has 0 aromatic heterocycles. The van der Waals surface area contributed by atoms with Crippen molar-refractivity contribution in [2.24, 2.45) is 11.7 Å². The molecule has 152 valence electrons. The second-order valence-corrected chi connectivity index (χ2v) is 6.88. The Morgan fingerprint density at radius 1 is 1.08 bits per heavy atom. The number of carbonyl (C=O) groups is 3. The van der Waals surface area contributed by atoms with Crippen LogP contribution < -0.4 is 21.7 Å². The lowest BCUT2D eigenvalue weighted by Crippen LogP contribution is -2.53. The lowest BCUT2D eigenvalue weighted by molar-refractivity contribution is -0.131. The molecule has 0 saturated heterocycles. The fraction of sp³-hybridized carbons (Fsp3) is 0.824. The van der Waals surface area contributed by atoms with E-state index in [1.54, 1.807) is 0 Å². The number of hydrogen-bond donors (Lipinski definition) is 4. The van der Waals surface area contributed by atoms with Crippen LogP contribution in [0.15, 0.2) is 0 Å². The molecule has 0 saturated carbocycles. The first kappa shape index (κ1) is 24.3. The summed E-state index contributed by atoms with van der Waals surface area (Å²) in [4.78, 5) is 38.2.